The number of rotatable bonds is 1. The van der Waals surface area contributed by atoms with Gasteiger partial charge in [-0.25, -0.2) is 0 Å². The molecule has 0 bridgehead atoms. The molecule has 54 valence electrons. The molecule has 3 nitrogen and oxygen atoms in total. The minimum Gasteiger partial charge on any atom is -0.509 e. The molecule has 0 aromatic carbocycles. The Morgan fingerprint density at radius 2 is 2.45 bits per heavy atom. The predicted molar refractivity (Wildman–Crippen MR) is 34.4 cm³/mol. The minimum absolute atomic E-state index is 0. The summed E-state index contributed by atoms with van der Waals surface area (Å²) in [4.78, 5) is 14.4. The molecule has 0 amide bonds. The molecule has 0 N–H and O–H groups in total. The zero-order valence-electron chi connectivity index (χ0n) is 6.20. The second kappa shape index (κ2) is 3.61. The summed E-state index contributed by atoms with van der Waals surface area (Å²) in [5.74, 6) is -0.409. The van der Waals surface area contributed by atoms with E-state index < -0.39 is 5.97 Å². The number of hydrogen-bond acceptors (Lipinski definition) is 3. The van der Waals surface area contributed by atoms with Crippen molar-refractivity contribution in [2.75, 3.05) is 7.11 Å². The van der Waals surface area contributed by atoms with Crippen LogP contribution < -0.4 is 0 Å². The number of ether oxygens (including phenoxy) is 1. The van der Waals surface area contributed by atoms with Gasteiger partial charge in [-0.3, -0.25) is 0 Å². The van der Waals surface area contributed by atoms with Gasteiger partial charge in [0, 0.05) is 0 Å². The van der Waals surface area contributed by atoms with E-state index in [4.69, 9.17) is 0 Å². The maximum absolute atomic E-state index is 10.7. The van der Waals surface area contributed by atoms with Gasteiger partial charge in [-0.05, 0) is 5.56 Å². The molecule has 1 heterocycles. The van der Waals surface area contributed by atoms with Gasteiger partial charge in [0.15, 0.2) is 0 Å². The van der Waals surface area contributed by atoms with Crippen molar-refractivity contribution in [1.82, 2.24) is 4.98 Å². The van der Waals surface area contributed by atoms with Gasteiger partial charge in [-0.2, -0.15) is 0 Å². The molecule has 0 aliphatic carbocycles. The van der Waals surface area contributed by atoms with Crippen LogP contribution in [0.1, 0.15) is 10.4 Å². The van der Waals surface area contributed by atoms with E-state index >= 15 is 0 Å². The van der Waals surface area contributed by atoms with E-state index in [-0.39, 0.29) is 0 Å². The second-order valence-electron chi connectivity index (χ2n) is 1.64. The van der Waals surface area contributed by atoms with Gasteiger partial charge >= 0.3 is 0 Å². The Bertz CT molecular complexity index is 225. The van der Waals surface area contributed by atoms with Crippen LogP contribution in [-0.2, 0) is 4.74 Å². The average Bonchev–Trinajstić information content (AvgIpc) is 2.05. The van der Waals surface area contributed by atoms with Crippen LogP contribution in [0, 0.1) is 6.07 Å². The molecule has 11 heavy (non-hydrogen) atoms. The summed E-state index contributed by atoms with van der Waals surface area (Å²) in [6.45, 7) is 0. The third-order valence-electron chi connectivity index (χ3n) is 1.01. The van der Waals surface area contributed by atoms with Gasteiger partial charge in [0.2, 0.25) is 0 Å². The van der Waals surface area contributed by atoms with Crippen LogP contribution in [0.3, 0.4) is 0 Å². The maximum Gasteiger partial charge on any atom is 0.251 e. The van der Waals surface area contributed by atoms with Crippen molar-refractivity contribution in [3.63, 3.8) is 0 Å². The van der Waals surface area contributed by atoms with Gasteiger partial charge < -0.3 is 14.5 Å². The number of esters is 1. The first kappa shape index (κ1) is 8.62. The number of pyridine rings is 1. The molecule has 1 aromatic rings. The summed E-state index contributed by atoms with van der Waals surface area (Å²) in [6, 6.07) is 4.24. The molecule has 4 heteroatoms. The molecule has 0 atom stereocenters. The van der Waals surface area contributed by atoms with Crippen LogP contribution in [0.25, 0.3) is 0 Å². The van der Waals surface area contributed by atoms with E-state index in [1.165, 1.54) is 13.3 Å². The Hall–Kier alpha value is -2.38. The van der Waals surface area contributed by atoms with Gasteiger partial charge in [-0.15, -0.1) is 12.1 Å². The Labute approximate surface area is 58.7 Å². The van der Waals surface area contributed by atoms with Crippen LogP contribution in [0.2, 0.25) is 0 Å². The zero-order chi connectivity index (χ0) is 7.40. The summed E-state index contributed by atoms with van der Waals surface area (Å²) in [7, 11) is 1.32. The first-order valence-electron chi connectivity index (χ1n) is 2.74. The molecule has 0 unspecified atom stereocenters. The molecule has 0 radical (unpaired) electrons. The maximum atomic E-state index is 10.7. The van der Waals surface area contributed by atoms with Gasteiger partial charge in [0.25, 0.3) is 5.97 Å². The standard InChI is InChI=1S/C7H6NO2.Rf/c1-10-7(9)6-3-2-4-8-5-6;/h2,4-5H,1H3;/q-1;. The van der Waals surface area contributed by atoms with E-state index in [1.54, 1.807) is 12.3 Å². The van der Waals surface area contributed by atoms with Crippen molar-refractivity contribution in [3.05, 3.63) is 30.1 Å². The third kappa shape index (κ3) is 1.78. The van der Waals surface area contributed by atoms with Crippen molar-refractivity contribution in [2.24, 2.45) is 0 Å². The normalized spacial score (nSPS) is 8.09. The molecule has 0 fully saturated rings. The van der Waals surface area contributed by atoms with E-state index in [1.807, 2.05) is 0 Å². The smallest absolute Gasteiger partial charge is 0.251 e. The average molecular weight is 403 g/mol. The van der Waals surface area contributed by atoms with E-state index in [0.717, 1.165) is 0 Å². The summed E-state index contributed by atoms with van der Waals surface area (Å²) >= 11 is 0. The van der Waals surface area contributed by atoms with Crippen LogP contribution in [0.4, 0.5) is 0 Å². The fourth-order valence-corrected chi connectivity index (χ4v) is 0.547. The number of carbonyl (C=O) groups excluding carboxylic acids is 1. The monoisotopic (exact) mass is 403 g/mol. The van der Waals surface area contributed by atoms with Crippen molar-refractivity contribution < 1.29 is 9.53 Å². The van der Waals surface area contributed by atoms with Crippen LogP contribution in [0.15, 0.2) is 18.5 Å². The molecule has 0 saturated carbocycles. The van der Waals surface area contributed by atoms with Crippen LogP contribution in [0.5, 0.6) is 0 Å². The van der Waals surface area contributed by atoms with E-state index in [9.17, 15) is 4.79 Å². The largest absolute Gasteiger partial charge is 0.509 e. The first-order valence-corrected chi connectivity index (χ1v) is 2.74. The fourth-order valence-electron chi connectivity index (χ4n) is 0.547. The Morgan fingerprint density at radius 1 is 1.73 bits per heavy atom. The molecule has 0 aliphatic heterocycles. The summed E-state index contributed by atoms with van der Waals surface area (Å²) in [5, 5.41) is 0. The topological polar surface area (TPSA) is 39.2 Å². The SMILES string of the molecule is COC(=O)c1[c-]ccnc1.[Rf]. The summed E-state index contributed by atoms with van der Waals surface area (Å²) in [5.41, 5.74) is 0.352. The summed E-state index contributed by atoms with van der Waals surface area (Å²) in [6.07, 6.45) is 2.96. The predicted octanol–water partition coefficient (Wildman–Crippen LogP) is 0.668. The molecule has 1 rings (SSSR count). The number of carbonyl (C=O) groups is 1. The zero-order valence-corrected chi connectivity index (χ0v) is 12.6. The fraction of sp³-hybridized carbons (Fsp3) is 0.143. The number of methoxy groups -OCH3 is 1. The van der Waals surface area contributed by atoms with Crippen molar-refractivity contribution in [1.29, 1.82) is 0 Å². The molecule has 0 aliphatic rings. The molecular weight excluding hydrogens is 397 g/mol. The van der Waals surface area contributed by atoms with Crippen molar-refractivity contribution >= 4 is 5.97 Å². The Balaban J connectivity index is 0.000001000. The van der Waals surface area contributed by atoms with Crippen LogP contribution >= 0.6 is 0 Å². The number of aromatic nitrogens is 1. The quantitative estimate of drug-likeness (QED) is 0.512. The molecule has 1 aromatic heterocycles. The number of nitrogens with zero attached hydrogens (tertiary/aromatic N) is 1. The van der Waals surface area contributed by atoms with E-state index in [2.05, 4.69) is 15.8 Å². The van der Waals surface area contributed by atoms with Crippen LogP contribution in [-0.4, -0.2) is 18.1 Å². The van der Waals surface area contributed by atoms with Crippen molar-refractivity contribution in [3.8, 4) is 0 Å². The van der Waals surface area contributed by atoms with Crippen molar-refractivity contribution in [2.45, 2.75) is 0 Å². The molecule has 0 spiro atoms. The second-order valence-corrected chi connectivity index (χ2v) is 1.64. The first-order chi connectivity index (χ1) is 4.84. The van der Waals surface area contributed by atoms with Gasteiger partial charge in [0.1, 0.15) is 0 Å². The van der Waals surface area contributed by atoms with Gasteiger partial charge in [-0.1, -0.05) is 12.4 Å². The third-order valence-corrected chi connectivity index (χ3v) is 1.01. The van der Waals surface area contributed by atoms with E-state index in [0.29, 0.717) is 5.56 Å². The van der Waals surface area contributed by atoms with Gasteiger partial charge in [0.05, 0.1) is 7.11 Å². The summed E-state index contributed by atoms with van der Waals surface area (Å²) < 4.78 is 4.43. The Morgan fingerprint density at radius 3 is 2.91 bits per heavy atom. The number of hydrogen-bond donors (Lipinski definition) is 0. The molecular formula is C7H6NO2Rf-. The Kier molecular flexibility index (Phi) is 2.83. The minimum atomic E-state index is -0.409. The molecule has 0 saturated heterocycles.